The number of hydrogen-bond donors (Lipinski definition) is 6. The molecule has 11 nitrogen and oxygen atoms in total. The fraction of sp³-hybridized carbons (Fsp3) is 0.409. The highest BCUT2D eigenvalue weighted by Crippen LogP contribution is 2.42. The summed E-state index contributed by atoms with van der Waals surface area (Å²) in [6.07, 6.45) is -7.45. The van der Waals surface area contributed by atoms with Crippen LogP contribution in [0.25, 0.3) is 0 Å². The summed E-state index contributed by atoms with van der Waals surface area (Å²) in [6, 6.07) is 6.96. The van der Waals surface area contributed by atoms with Crippen molar-refractivity contribution in [2.45, 2.75) is 36.6 Å². The molecule has 0 spiro atoms. The second kappa shape index (κ2) is 9.04. The highest BCUT2D eigenvalue weighted by molar-refractivity contribution is 6.06. The van der Waals surface area contributed by atoms with Gasteiger partial charge in [-0.2, -0.15) is 0 Å². The average molecular weight is 464 g/mol. The van der Waals surface area contributed by atoms with Gasteiger partial charge >= 0.3 is 0 Å². The van der Waals surface area contributed by atoms with Gasteiger partial charge in [-0.1, -0.05) is 6.07 Å². The number of carbonyl (C=O) groups excluding carboxylic acids is 1. The number of rotatable bonds is 5. The smallest absolute Gasteiger partial charge is 0.229 e. The van der Waals surface area contributed by atoms with Gasteiger partial charge in [0.2, 0.25) is 6.29 Å². The van der Waals surface area contributed by atoms with Crippen molar-refractivity contribution in [2.24, 2.45) is 0 Å². The molecule has 11 heteroatoms. The van der Waals surface area contributed by atoms with Gasteiger partial charge in [0.15, 0.2) is 17.3 Å². The fourth-order valence-corrected chi connectivity index (χ4v) is 3.90. The normalized spacial score (nSPS) is 29.2. The van der Waals surface area contributed by atoms with Crippen molar-refractivity contribution in [2.75, 3.05) is 20.3 Å². The number of fused-ring (bicyclic) bond motifs is 1. The van der Waals surface area contributed by atoms with Crippen LogP contribution < -0.4 is 14.2 Å². The number of hydrogen-bond acceptors (Lipinski definition) is 11. The predicted molar refractivity (Wildman–Crippen MR) is 110 cm³/mol. The third kappa shape index (κ3) is 4.16. The summed E-state index contributed by atoms with van der Waals surface area (Å²) >= 11 is 0. The molecule has 178 valence electrons. The summed E-state index contributed by atoms with van der Waals surface area (Å²) in [5.41, 5.74) is 0.396. The summed E-state index contributed by atoms with van der Waals surface area (Å²) in [5.74, 6) is -1.55. The van der Waals surface area contributed by atoms with Crippen molar-refractivity contribution in [1.29, 1.82) is 0 Å². The van der Waals surface area contributed by atoms with Crippen LogP contribution in [0.1, 0.15) is 21.8 Å². The van der Waals surface area contributed by atoms with Gasteiger partial charge in [-0.05, 0) is 17.7 Å². The Hall–Kier alpha value is -3.09. The van der Waals surface area contributed by atoms with E-state index in [1.165, 1.54) is 25.3 Å². The van der Waals surface area contributed by atoms with Crippen molar-refractivity contribution < 1.29 is 54.4 Å². The first kappa shape index (κ1) is 23.1. The van der Waals surface area contributed by atoms with Crippen molar-refractivity contribution >= 4 is 5.78 Å². The lowest BCUT2D eigenvalue weighted by Crippen LogP contribution is -2.60. The molecule has 0 aromatic heterocycles. The monoisotopic (exact) mass is 464 g/mol. The molecule has 0 bridgehead atoms. The number of ketones is 1. The second-order valence-corrected chi connectivity index (χ2v) is 7.79. The maximum atomic E-state index is 13.1. The first-order valence-corrected chi connectivity index (χ1v) is 10.1. The second-order valence-electron chi connectivity index (χ2n) is 7.79. The SMILES string of the molecule is COc1ccc([C@H]2COc3cc(O[C@@H]4O[C@H](CO)[C@@H](O)[C@H](O)[C@H]4O)cc(O)c3C2=O)cc1O. The lowest BCUT2D eigenvalue weighted by atomic mass is 9.88. The zero-order valence-electron chi connectivity index (χ0n) is 17.5. The van der Waals surface area contributed by atoms with Gasteiger partial charge in [-0.3, -0.25) is 4.79 Å². The molecule has 0 saturated carbocycles. The number of carbonyl (C=O) groups is 1. The van der Waals surface area contributed by atoms with E-state index in [1.54, 1.807) is 6.07 Å². The third-order valence-electron chi connectivity index (χ3n) is 5.73. The molecule has 6 N–H and O–H groups in total. The zero-order valence-corrected chi connectivity index (χ0v) is 17.5. The number of aromatic hydroxyl groups is 2. The minimum Gasteiger partial charge on any atom is -0.507 e. The number of ether oxygens (including phenoxy) is 4. The van der Waals surface area contributed by atoms with Crippen molar-refractivity contribution in [3.63, 3.8) is 0 Å². The van der Waals surface area contributed by atoms with E-state index in [1.807, 2.05) is 0 Å². The van der Waals surface area contributed by atoms with Crippen LogP contribution in [-0.4, -0.2) is 87.5 Å². The first-order valence-electron chi connectivity index (χ1n) is 10.1. The van der Waals surface area contributed by atoms with E-state index in [2.05, 4.69) is 0 Å². The molecule has 4 rings (SSSR count). The first-order chi connectivity index (χ1) is 15.7. The Morgan fingerprint density at radius 3 is 2.45 bits per heavy atom. The molecule has 0 aliphatic carbocycles. The van der Waals surface area contributed by atoms with E-state index in [-0.39, 0.29) is 35.2 Å². The van der Waals surface area contributed by atoms with E-state index in [9.17, 15) is 35.4 Å². The average Bonchev–Trinajstić information content (AvgIpc) is 2.79. The Morgan fingerprint density at radius 2 is 1.79 bits per heavy atom. The van der Waals surface area contributed by atoms with Gasteiger partial charge in [0.25, 0.3) is 0 Å². The van der Waals surface area contributed by atoms with Gasteiger partial charge in [-0.15, -0.1) is 0 Å². The molecule has 2 aromatic rings. The van der Waals surface area contributed by atoms with Crippen LogP contribution in [0.4, 0.5) is 0 Å². The van der Waals surface area contributed by atoms with Crippen LogP contribution in [0, 0.1) is 0 Å². The number of phenolic OH excluding ortho intramolecular Hbond substituents is 2. The maximum absolute atomic E-state index is 13.1. The van der Waals surface area contributed by atoms with Gasteiger partial charge in [-0.25, -0.2) is 0 Å². The Balaban J connectivity index is 1.57. The quantitative estimate of drug-likeness (QED) is 0.341. The zero-order chi connectivity index (χ0) is 23.9. The van der Waals surface area contributed by atoms with E-state index < -0.39 is 54.8 Å². The summed E-state index contributed by atoms with van der Waals surface area (Å²) in [4.78, 5) is 13.1. The van der Waals surface area contributed by atoms with Crippen LogP contribution >= 0.6 is 0 Å². The summed E-state index contributed by atoms with van der Waals surface area (Å²) < 4.78 is 21.5. The minimum absolute atomic E-state index is 0.0357. The largest absolute Gasteiger partial charge is 0.507 e. The topological polar surface area (TPSA) is 175 Å². The minimum atomic E-state index is -1.64. The number of benzene rings is 2. The molecule has 0 amide bonds. The highest BCUT2D eigenvalue weighted by atomic mass is 16.7. The number of aliphatic hydroxyl groups is 4. The standard InChI is InChI=1S/C22H24O11/c1-30-14-3-2-9(4-12(14)24)11-8-31-15-6-10(5-13(25)17(15)18(11)26)32-22-21(29)20(28)19(27)16(7-23)33-22/h2-6,11,16,19-25,27-29H,7-8H2,1H3/t11-,16-,19-,20+,21-,22-/m1/s1. The van der Waals surface area contributed by atoms with Gasteiger partial charge < -0.3 is 49.6 Å². The molecule has 0 radical (unpaired) electrons. The molecular weight excluding hydrogens is 440 g/mol. The van der Waals surface area contributed by atoms with Gasteiger partial charge in [0.05, 0.1) is 19.6 Å². The predicted octanol–water partition coefficient (Wildman–Crippen LogP) is -0.356. The Bertz CT molecular complexity index is 1040. The van der Waals surface area contributed by atoms with Crippen molar-refractivity contribution in [1.82, 2.24) is 0 Å². The lowest BCUT2D eigenvalue weighted by Gasteiger charge is -2.39. The van der Waals surface area contributed by atoms with E-state index in [4.69, 9.17) is 18.9 Å². The Labute approximate surface area is 188 Å². The molecule has 2 heterocycles. The summed E-state index contributed by atoms with van der Waals surface area (Å²) in [5, 5.41) is 59.7. The Kier molecular flexibility index (Phi) is 6.32. The molecule has 2 aromatic carbocycles. The van der Waals surface area contributed by atoms with Gasteiger partial charge in [0, 0.05) is 12.1 Å². The van der Waals surface area contributed by atoms with Crippen LogP contribution in [0.5, 0.6) is 28.7 Å². The molecule has 2 aliphatic rings. The van der Waals surface area contributed by atoms with E-state index in [0.717, 1.165) is 6.07 Å². The fourth-order valence-electron chi connectivity index (χ4n) is 3.90. The van der Waals surface area contributed by atoms with Crippen molar-refractivity contribution in [3.8, 4) is 28.7 Å². The van der Waals surface area contributed by atoms with E-state index in [0.29, 0.717) is 5.56 Å². The molecule has 0 unspecified atom stereocenters. The molecule has 1 fully saturated rings. The van der Waals surface area contributed by atoms with Crippen LogP contribution in [0.2, 0.25) is 0 Å². The molecule has 1 saturated heterocycles. The van der Waals surface area contributed by atoms with Crippen LogP contribution in [0.3, 0.4) is 0 Å². The van der Waals surface area contributed by atoms with Crippen molar-refractivity contribution in [3.05, 3.63) is 41.5 Å². The lowest BCUT2D eigenvalue weighted by molar-refractivity contribution is -0.277. The number of phenols is 2. The summed E-state index contributed by atoms with van der Waals surface area (Å²) in [6.45, 7) is -0.694. The molecular formula is C22H24O11. The Morgan fingerprint density at radius 1 is 1.03 bits per heavy atom. The van der Waals surface area contributed by atoms with Gasteiger partial charge in [0.1, 0.15) is 53.8 Å². The van der Waals surface area contributed by atoms with E-state index >= 15 is 0 Å². The molecule has 2 aliphatic heterocycles. The molecule has 6 atom stereocenters. The third-order valence-corrected chi connectivity index (χ3v) is 5.73. The maximum Gasteiger partial charge on any atom is 0.229 e. The highest BCUT2D eigenvalue weighted by Gasteiger charge is 2.45. The number of aliphatic hydroxyl groups excluding tert-OH is 4. The molecule has 33 heavy (non-hydrogen) atoms. The van der Waals surface area contributed by atoms with Crippen LogP contribution in [0.15, 0.2) is 30.3 Å². The summed E-state index contributed by atoms with van der Waals surface area (Å²) in [7, 11) is 1.40. The van der Waals surface area contributed by atoms with Crippen LogP contribution in [-0.2, 0) is 4.74 Å². The number of Topliss-reactive ketones (excluding diaryl/α,β-unsaturated/α-hetero) is 1. The number of methoxy groups -OCH3 is 1.